The van der Waals surface area contributed by atoms with Gasteiger partial charge < -0.3 is 4.74 Å². The van der Waals surface area contributed by atoms with Crippen LogP contribution in [0.4, 0.5) is 4.39 Å². The SMILES string of the molecule is Cc1ccc(F)c(OC(C)C)c1C=O. The van der Waals surface area contributed by atoms with E-state index in [1.54, 1.807) is 26.8 Å². The Balaban J connectivity index is 3.22. The maximum Gasteiger partial charge on any atom is 0.166 e. The molecule has 0 aliphatic rings. The van der Waals surface area contributed by atoms with Crippen LogP contribution in [-0.4, -0.2) is 12.4 Å². The monoisotopic (exact) mass is 196 g/mol. The fraction of sp³-hybridized carbons (Fsp3) is 0.364. The minimum Gasteiger partial charge on any atom is -0.487 e. The van der Waals surface area contributed by atoms with Gasteiger partial charge in [0.25, 0.3) is 0 Å². The Bertz CT molecular complexity index is 345. The number of aldehydes is 1. The third-order valence-corrected chi connectivity index (χ3v) is 1.84. The fourth-order valence-electron chi connectivity index (χ4n) is 1.17. The minimum atomic E-state index is -0.494. The van der Waals surface area contributed by atoms with Crippen molar-refractivity contribution in [2.24, 2.45) is 0 Å². The Kier molecular flexibility index (Phi) is 3.23. The van der Waals surface area contributed by atoms with Gasteiger partial charge in [0.05, 0.1) is 11.7 Å². The van der Waals surface area contributed by atoms with Gasteiger partial charge in [-0.1, -0.05) is 6.07 Å². The maximum absolute atomic E-state index is 13.3. The van der Waals surface area contributed by atoms with E-state index < -0.39 is 5.82 Å². The van der Waals surface area contributed by atoms with Crippen LogP contribution < -0.4 is 4.74 Å². The average molecular weight is 196 g/mol. The smallest absolute Gasteiger partial charge is 0.166 e. The Morgan fingerprint density at radius 1 is 1.43 bits per heavy atom. The predicted molar refractivity (Wildman–Crippen MR) is 52.3 cm³/mol. The Morgan fingerprint density at radius 3 is 2.57 bits per heavy atom. The topological polar surface area (TPSA) is 26.3 Å². The molecule has 3 heteroatoms. The van der Waals surface area contributed by atoms with E-state index in [1.165, 1.54) is 6.07 Å². The molecule has 0 unspecified atom stereocenters. The van der Waals surface area contributed by atoms with E-state index in [9.17, 15) is 9.18 Å². The van der Waals surface area contributed by atoms with E-state index in [0.29, 0.717) is 11.8 Å². The van der Waals surface area contributed by atoms with Crippen molar-refractivity contribution in [3.05, 3.63) is 29.1 Å². The van der Waals surface area contributed by atoms with Crippen LogP contribution in [0.5, 0.6) is 5.75 Å². The molecule has 0 aliphatic heterocycles. The molecule has 0 saturated heterocycles. The third kappa shape index (κ3) is 2.10. The second-order valence-corrected chi connectivity index (χ2v) is 3.39. The van der Waals surface area contributed by atoms with Gasteiger partial charge in [0, 0.05) is 0 Å². The van der Waals surface area contributed by atoms with Gasteiger partial charge in [-0.25, -0.2) is 4.39 Å². The van der Waals surface area contributed by atoms with Crippen molar-refractivity contribution in [1.82, 2.24) is 0 Å². The molecule has 0 saturated carbocycles. The molecule has 0 bridgehead atoms. The first-order valence-electron chi connectivity index (χ1n) is 4.47. The molecule has 0 fully saturated rings. The highest BCUT2D eigenvalue weighted by Gasteiger charge is 2.13. The zero-order chi connectivity index (χ0) is 10.7. The van der Waals surface area contributed by atoms with Crippen LogP contribution >= 0.6 is 0 Å². The lowest BCUT2D eigenvalue weighted by Crippen LogP contribution is -2.09. The Morgan fingerprint density at radius 2 is 2.07 bits per heavy atom. The highest BCUT2D eigenvalue weighted by atomic mass is 19.1. The molecule has 76 valence electrons. The van der Waals surface area contributed by atoms with Crippen LogP contribution in [0.2, 0.25) is 0 Å². The summed E-state index contributed by atoms with van der Waals surface area (Å²) in [6.45, 7) is 5.32. The van der Waals surface area contributed by atoms with Gasteiger partial charge in [-0.3, -0.25) is 4.79 Å². The molecule has 1 aromatic carbocycles. The molecular formula is C11H13FO2. The van der Waals surface area contributed by atoms with Gasteiger partial charge in [0.2, 0.25) is 0 Å². The number of halogens is 1. The molecule has 0 N–H and O–H groups in total. The molecule has 0 amide bonds. The number of hydrogen-bond acceptors (Lipinski definition) is 2. The summed E-state index contributed by atoms with van der Waals surface area (Å²) in [6.07, 6.45) is 0.473. The van der Waals surface area contributed by atoms with Gasteiger partial charge >= 0.3 is 0 Å². The first-order valence-corrected chi connectivity index (χ1v) is 4.47. The molecule has 0 spiro atoms. The first-order chi connectivity index (χ1) is 6.56. The Labute approximate surface area is 82.7 Å². The van der Waals surface area contributed by atoms with Crippen LogP contribution in [0.15, 0.2) is 12.1 Å². The van der Waals surface area contributed by atoms with Crippen LogP contribution in [-0.2, 0) is 0 Å². The molecule has 0 radical (unpaired) electrons. The number of carbonyl (C=O) groups excluding carboxylic acids is 1. The lowest BCUT2D eigenvalue weighted by atomic mass is 10.1. The van der Waals surface area contributed by atoms with E-state index in [-0.39, 0.29) is 11.9 Å². The van der Waals surface area contributed by atoms with Gasteiger partial charge in [-0.05, 0) is 32.4 Å². The molecule has 0 aromatic heterocycles. The van der Waals surface area contributed by atoms with E-state index >= 15 is 0 Å². The molecule has 14 heavy (non-hydrogen) atoms. The largest absolute Gasteiger partial charge is 0.487 e. The zero-order valence-corrected chi connectivity index (χ0v) is 8.50. The van der Waals surface area contributed by atoms with Gasteiger partial charge in [-0.15, -0.1) is 0 Å². The highest BCUT2D eigenvalue weighted by Crippen LogP contribution is 2.25. The first kappa shape index (κ1) is 10.7. The molecule has 0 heterocycles. The van der Waals surface area contributed by atoms with E-state index in [2.05, 4.69) is 0 Å². The number of hydrogen-bond donors (Lipinski definition) is 0. The second kappa shape index (κ2) is 4.22. The molecule has 1 rings (SSSR count). The van der Waals surface area contributed by atoms with E-state index in [0.717, 1.165) is 5.56 Å². The molecular weight excluding hydrogens is 183 g/mol. The quantitative estimate of drug-likeness (QED) is 0.695. The number of rotatable bonds is 3. The summed E-state index contributed by atoms with van der Waals surface area (Å²) >= 11 is 0. The average Bonchev–Trinajstić information content (AvgIpc) is 2.11. The molecule has 0 aliphatic carbocycles. The highest BCUT2D eigenvalue weighted by molar-refractivity contribution is 5.81. The predicted octanol–water partition coefficient (Wildman–Crippen LogP) is 2.73. The van der Waals surface area contributed by atoms with Crippen LogP contribution in [0, 0.1) is 12.7 Å². The summed E-state index contributed by atoms with van der Waals surface area (Å²) in [5.41, 5.74) is 1.01. The van der Waals surface area contributed by atoms with Gasteiger partial charge in [-0.2, -0.15) is 0 Å². The standard InChI is InChI=1S/C11H13FO2/c1-7(2)14-11-9(6-13)8(3)4-5-10(11)12/h4-7H,1-3H3. The molecule has 1 aromatic rings. The van der Waals surface area contributed by atoms with Crippen molar-refractivity contribution in [3.8, 4) is 5.75 Å². The second-order valence-electron chi connectivity index (χ2n) is 3.39. The van der Waals surface area contributed by atoms with Crippen molar-refractivity contribution in [2.75, 3.05) is 0 Å². The third-order valence-electron chi connectivity index (χ3n) is 1.84. The summed E-state index contributed by atoms with van der Waals surface area (Å²) < 4.78 is 18.5. The fourth-order valence-corrected chi connectivity index (χ4v) is 1.17. The number of ether oxygens (including phenoxy) is 1. The van der Waals surface area contributed by atoms with Gasteiger partial charge in [0.15, 0.2) is 17.9 Å². The summed E-state index contributed by atoms with van der Waals surface area (Å²) in [4.78, 5) is 10.7. The minimum absolute atomic E-state index is 0.0509. The molecule has 0 atom stereocenters. The number of carbonyl (C=O) groups is 1. The normalized spacial score (nSPS) is 10.4. The molecule has 2 nitrogen and oxygen atoms in total. The van der Waals surface area contributed by atoms with Crippen LogP contribution in [0.1, 0.15) is 29.8 Å². The Hall–Kier alpha value is -1.38. The van der Waals surface area contributed by atoms with Crippen molar-refractivity contribution < 1.29 is 13.9 Å². The van der Waals surface area contributed by atoms with Crippen LogP contribution in [0.3, 0.4) is 0 Å². The van der Waals surface area contributed by atoms with E-state index in [4.69, 9.17) is 4.74 Å². The lowest BCUT2D eigenvalue weighted by Gasteiger charge is -2.13. The summed E-state index contributed by atoms with van der Waals surface area (Å²) in [5, 5.41) is 0. The van der Waals surface area contributed by atoms with E-state index in [1.807, 2.05) is 0 Å². The van der Waals surface area contributed by atoms with Gasteiger partial charge in [0.1, 0.15) is 0 Å². The van der Waals surface area contributed by atoms with Crippen molar-refractivity contribution in [3.63, 3.8) is 0 Å². The number of benzene rings is 1. The number of aryl methyl sites for hydroxylation is 1. The zero-order valence-electron chi connectivity index (χ0n) is 8.50. The summed E-state index contributed by atoms with van der Waals surface area (Å²) in [5.74, 6) is -0.443. The summed E-state index contributed by atoms with van der Waals surface area (Å²) in [7, 11) is 0. The lowest BCUT2D eigenvalue weighted by molar-refractivity contribution is 0.111. The maximum atomic E-state index is 13.3. The van der Waals surface area contributed by atoms with Crippen molar-refractivity contribution >= 4 is 6.29 Å². The van der Waals surface area contributed by atoms with Crippen molar-refractivity contribution in [1.29, 1.82) is 0 Å². The summed E-state index contributed by atoms with van der Waals surface area (Å²) in [6, 6.07) is 2.87. The van der Waals surface area contributed by atoms with Crippen molar-refractivity contribution in [2.45, 2.75) is 26.9 Å². The van der Waals surface area contributed by atoms with Crippen LogP contribution in [0.25, 0.3) is 0 Å².